The summed E-state index contributed by atoms with van der Waals surface area (Å²) in [4.78, 5) is 5.13. The molecular formula is C12H15FN2O. The molecule has 2 aromatic rings. The van der Waals surface area contributed by atoms with Crippen LogP contribution in [0, 0.1) is 5.82 Å². The number of nitrogens with zero attached hydrogens (tertiary/aromatic N) is 1. The van der Waals surface area contributed by atoms with E-state index in [4.69, 9.17) is 4.74 Å². The molecule has 0 radical (unpaired) electrons. The lowest BCUT2D eigenvalue weighted by Gasteiger charge is -2.08. The van der Waals surface area contributed by atoms with Crippen LogP contribution in [0.3, 0.4) is 0 Å². The van der Waals surface area contributed by atoms with Gasteiger partial charge in [-0.15, -0.1) is 0 Å². The second-order valence-corrected chi connectivity index (χ2v) is 4.08. The average Bonchev–Trinajstić information content (AvgIpc) is 2.59. The molecule has 1 N–H and O–H groups in total. The molecule has 0 fully saturated rings. The van der Waals surface area contributed by atoms with Crippen molar-refractivity contribution in [2.75, 3.05) is 21.2 Å². The van der Waals surface area contributed by atoms with E-state index >= 15 is 0 Å². The molecule has 0 atom stereocenters. The van der Waals surface area contributed by atoms with Crippen LogP contribution < -0.4 is 4.74 Å². The Kier molecular flexibility index (Phi) is 2.83. The highest BCUT2D eigenvalue weighted by Crippen LogP contribution is 2.27. The zero-order chi connectivity index (χ0) is 11.7. The fraction of sp³-hybridized carbons (Fsp3) is 0.333. The maximum absolute atomic E-state index is 13.4. The van der Waals surface area contributed by atoms with Gasteiger partial charge < -0.3 is 14.6 Å². The van der Waals surface area contributed by atoms with Gasteiger partial charge in [-0.1, -0.05) is 0 Å². The van der Waals surface area contributed by atoms with E-state index in [9.17, 15) is 4.39 Å². The van der Waals surface area contributed by atoms with E-state index in [1.165, 1.54) is 13.2 Å². The van der Waals surface area contributed by atoms with Crippen molar-refractivity contribution in [2.24, 2.45) is 0 Å². The molecule has 0 spiro atoms. The van der Waals surface area contributed by atoms with Crippen LogP contribution in [0.2, 0.25) is 0 Å². The van der Waals surface area contributed by atoms with Gasteiger partial charge in [0.2, 0.25) is 0 Å². The van der Waals surface area contributed by atoms with Gasteiger partial charge in [-0.2, -0.15) is 0 Å². The van der Waals surface area contributed by atoms with Gasteiger partial charge in [0.25, 0.3) is 0 Å². The molecule has 0 saturated carbocycles. The van der Waals surface area contributed by atoms with Crippen LogP contribution in [0.1, 0.15) is 5.56 Å². The van der Waals surface area contributed by atoms with E-state index in [0.29, 0.717) is 0 Å². The number of hydrogen-bond donors (Lipinski definition) is 1. The maximum atomic E-state index is 13.4. The fourth-order valence-corrected chi connectivity index (χ4v) is 1.81. The molecule has 0 saturated heterocycles. The van der Waals surface area contributed by atoms with Crippen molar-refractivity contribution in [2.45, 2.75) is 6.54 Å². The predicted octanol–water partition coefficient (Wildman–Crippen LogP) is 2.38. The molecule has 0 amide bonds. The van der Waals surface area contributed by atoms with Gasteiger partial charge in [0.05, 0.1) is 7.11 Å². The van der Waals surface area contributed by atoms with Gasteiger partial charge in [-0.25, -0.2) is 4.39 Å². The topological polar surface area (TPSA) is 28.3 Å². The highest BCUT2D eigenvalue weighted by atomic mass is 19.1. The number of fused-ring (bicyclic) bond motifs is 1. The first-order chi connectivity index (χ1) is 7.61. The van der Waals surface area contributed by atoms with E-state index in [2.05, 4.69) is 9.88 Å². The molecule has 1 heterocycles. The number of aromatic nitrogens is 1. The number of aromatic amines is 1. The van der Waals surface area contributed by atoms with E-state index < -0.39 is 0 Å². The molecule has 1 aromatic heterocycles. The first kappa shape index (κ1) is 11.0. The zero-order valence-corrected chi connectivity index (χ0v) is 9.67. The lowest BCUT2D eigenvalue weighted by Crippen LogP contribution is -2.10. The van der Waals surface area contributed by atoms with Crippen LogP contribution in [0.5, 0.6) is 5.75 Å². The minimum absolute atomic E-state index is 0.284. The highest BCUT2D eigenvalue weighted by molar-refractivity contribution is 5.84. The molecule has 0 aliphatic carbocycles. The fourth-order valence-electron chi connectivity index (χ4n) is 1.81. The Bertz CT molecular complexity index is 505. The van der Waals surface area contributed by atoms with Crippen molar-refractivity contribution in [3.8, 4) is 5.75 Å². The van der Waals surface area contributed by atoms with E-state index in [-0.39, 0.29) is 11.6 Å². The van der Waals surface area contributed by atoms with Gasteiger partial charge >= 0.3 is 0 Å². The van der Waals surface area contributed by atoms with Crippen molar-refractivity contribution in [3.05, 3.63) is 29.7 Å². The number of rotatable bonds is 3. The van der Waals surface area contributed by atoms with Crippen LogP contribution in [0.15, 0.2) is 18.3 Å². The average molecular weight is 222 g/mol. The normalized spacial score (nSPS) is 11.3. The molecule has 86 valence electrons. The largest absolute Gasteiger partial charge is 0.494 e. The summed E-state index contributed by atoms with van der Waals surface area (Å²) in [7, 11) is 5.47. The third-order valence-electron chi connectivity index (χ3n) is 2.53. The highest BCUT2D eigenvalue weighted by Gasteiger charge is 2.10. The number of halogens is 1. The van der Waals surface area contributed by atoms with Crippen molar-refractivity contribution < 1.29 is 9.13 Å². The standard InChI is InChI=1S/C12H15FN2O/c1-15(2)7-8-6-14-11-5-10(13)12(16-3)4-9(8)11/h4-6,14H,7H2,1-3H3. The molecule has 16 heavy (non-hydrogen) atoms. The summed E-state index contributed by atoms with van der Waals surface area (Å²) in [5.41, 5.74) is 1.94. The molecule has 0 aliphatic heterocycles. The summed E-state index contributed by atoms with van der Waals surface area (Å²) in [6.07, 6.45) is 1.91. The third-order valence-corrected chi connectivity index (χ3v) is 2.53. The van der Waals surface area contributed by atoms with Crippen LogP contribution in [-0.4, -0.2) is 31.1 Å². The Morgan fingerprint density at radius 2 is 2.12 bits per heavy atom. The summed E-state index contributed by atoms with van der Waals surface area (Å²) in [6, 6.07) is 3.20. The second kappa shape index (κ2) is 4.14. The van der Waals surface area contributed by atoms with E-state index in [1.54, 1.807) is 6.07 Å². The molecule has 3 nitrogen and oxygen atoms in total. The first-order valence-corrected chi connectivity index (χ1v) is 5.10. The summed E-state index contributed by atoms with van der Waals surface area (Å²) in [5, 5.41) is 1.01. The van der Waals surface area contributed by atoms with Gasteiger partial charge in [0.15, 0.2) is 11.6 Å². The molecule has 4 heteroatoms. The number of benzene rings is 1. The number of H-pyrrole nitrogens is 1. The van der Waals surface area contributed by atoms with Gasteiger partial charge in [-0.3, -0.25) is 0 Å². The van der Waals surface area contributed by atoms with Gasteiger partial charge in [0, 0.05) is 29.7 Å². The lowest BCUT2D eigenvalue weighted by atomic mass is 10.1. The smallest absolute Gasteiger partial charge is 0.167 e. The van der Waals surface area contributed by atoms with Crippen molar-refractivity contribution >= 4 is 10.9 Å². The Hall–Kier alpha value is -1.55. The van der Waals surface area contributed by atoms with Crippen molar-refractivity contribution in [1.82, 2.24) is 9.88 Å². The quantitative estimate of drug-likeness (QED) is 0.863. The van der Waals surface area contributed by atoms with Crippen LogP contribution in [0.4, 0.5) is 4.39 Å². The van der Waals surface area contributed by atoms with Crippen molar-refractivity contribution in [3.63, 3.8) is 0 Å². The molecule has 1 aromatic carbocycles. The summed E-state index contributed by atoms with van der Waals surface area (Å²) < 4.78 is 18.4. The molecule has 0 aliphatic rings. The molecule has 0 bridgehead atoms. The molecule has 2 rings (SSSR count). The Labute approximate surface area is 93.8 Å². The van der Waals surface area contributed by atoms with Crippen LogP contribution in [-0.2, 0) is 6.54 Å². The van der Waals surface area contributed by atoms with Crippen molar-refractivity contribution in [1.29, 1.82) is 0 Å². The third kappa shape index (κ3) is 1.88. The number of ether oxygens (including phenoxy) is 1. The number of hydrogen-bond acceptors (Lipinski definition) is 2. The van der Waals surface area contributed by atoms with E-state index in [0.717, 1.165) is 23.0 Å². The molecule has 0 unspecified atom stereocenters. The Morgan fingerprint density at radius 1 is 1.38 bits per heavy atom. The Balaban J connectivity index is 2.53. The zero-order valence-electron chi connectivity index (χ0n) is 9.67. The maximum Gasteiger partial charge on any atom is 0.167 e. The van der Waals surface area contributed by atoms with Crippen LogP contribution in [0.25, 0.3) is 10.9 Å². The summed E-state index contributed by atoms with van der Waals surface area (Å²) in [6.45, 7) is 0.814. The van der Waals surface area contributed by atoms with Gasteiger partial charge in [0.1, 0.15) is 0 Å². The monoisotopic (exact) mass is 222 g/mol. The first-order valence-electron chi connectivity index (χ1n) is 5.10. The van der Waals surface area contributed by atoms with E-state index in [1.807, 2.05) is 20.3 Å². The summed E-state index contributed by atoms with van der Waals surface area (Å²) >= 11 is 0. The van der Waals surface area contributed by atoms with Gasteiger partial charge in [-0.05, 0) is 25.7 Å². The second-order valence-electron chi connectivity index (χ2n) is 4.08. The number of nitrogens with one attached hydrogen (secondary N) is 1. The minimum Gasteiger partial charge on any atom is -0.494 e. The van der Waals surface area contributed by atoms with Crippen LogP contribution >= 0.6 is 0 Å². The number of methoxy groups -OCH3 is 1. The predicted molar refractivity (Wildman–Crippen MR) is 62.2 cm³/mol. The molecular weight excluding hydrogens is 207 g/mol. The Morgan fingerprint density at radius 3 is 2.75 bits per heavy atom. The minimum atomic E-state index is -0.340. The SMILES string of the molecule is COc1cc2c(CN(C)C)c[nH]c2cc1F. The summed E-state index contributed by atoms with van der Waals surface area (Å²) in [5.74, 6) is -0.0552. The lowest BCUT2D eigenvalue weighted by molar-refractivity contribution is 0.387.